The zero-order valence-corrected chi connectivity index (χ0v) is 6.03. The SMILES string of the molecule is CC1=C(O)C(=S)CC=C1. The van der Waals surface area contributed by atoms with Crippen molar-refractivity contribution < 1.29 is 5.11 Å². The minimum absolute atomic E-state index is 0.285. The molecule has 9 heavy (non-hydrogen) atoms. The van der Waals surface area contributed by atoms with E-state index in [0.717, 1.165) is 5.57 Å². The van der Waals surface area contributed by atoms with Crippen LogP contribution in [0.4, 0.5) is 0 Å². The predicted molar refractivity (Wildman–Crippen MR) is 41.7 cm³/mol. The summed E-state index contributed by atoms with van der Waals surface area (Å²) in [4.78, 5) is 0.648. The molecule has 1 N–H and O–H groups in total. The zero-order chi connectivity index (χ0) is 6.85. The quantitative estimate of drug-likeness (QED) is 0.520. The number of aliphatic hydroxyl groups is 1. The van der Waals surface area contributed by atoms with Gasteiger partial charge in [-0.25, -0.2) is 0 Å². The number of rotatable bonds is 0. The van der Waals surface area contributed by atoms with E-state index in [-0.39, 0.29) is 5.76 Å². The summed E-state index contributed by atoms with van der Waals surface area (Å²) >= 11 is 4.85. The molecule has 0 aromatic rings. The van der Waals surface area contributed by atoms with Gasteiger partial charge in [-0.1, -0.05) is 24.4 Å². The summed E-state index contributed by atoms with van der Waals surface area (Å²) in [5, 5.41) is 9.13. The Balaban J connectivity index is 2.97. The van der Waals surface area contributed by atoms with E-state index < -0.39 is 0 Å². The second-order valence-corrected chi connectivity index (χ2v) is 2.55. The highest BCUT2D eigenvalue weighted by Gasteiger charge is 2.06. The van der Waals surface area contributed by atoms with Gasteiger partial charge in [0.15, 0.2) is 0 Å². The van der Waals surface area contributed by atoms with E-state index in [1.807, 2.05) is 19.1 Å². The van der Waals surface area contributed by atoms with Crippen LogP contribution in [-0.4, -0.2) is 9.97 Å². The lowest BCUT2D eigenvalue weighted by Gasteiger charge is -2.06. The highest BCUT2D eigenvalue weighted by atomic mass is 32.1. The van der Waals surface area contributed by atoms with Gasteiger partial charge in [-0.05, 0) is 12.5 Å². The first kappa shape index (κ1) is 6.49. The summed E-state index contributed by atoms with van der Waals surface area (Å²) in [6.45, 7) is 1.84. The fourth-order valence-electron chi connectivity index (χ4n) is 0.738. The highest BCUT2D eigenvalue weighted by molar-refractivity contribution is 7.80. The van der Waals surface area contributed by atoms with Crippen LogP contribution in [0.5, 0.6) is 0 Å². The van der Waals surface area contributed by atoms with Crippen LogP contribution in [0, 0.1) is 0 Å². The van der Waals surface area contributed by atoms with Crippen molar-refractivity contribution in [1.29, 1.82) is 0 Å². The van der Waals surface area contributed by atoms with Gasteiger partial charge in [0, 0.05) is 6.42 Å². The minimum atomic E-state index is 0.285. The Labute approximate surface area is 59.7 Å². The Kier molecular flexibility index (Phi) is 1.67. The van der Waals surface area contributed by atoms with Crippen LogP contribution < -0.4 is 0 Å². The maximum Gasteiger partial charge on any atom is 0.132 e. The molecule has 1 rings (SSSR count). The molecular formula is C7H8OS. The van der Waals surface area contributed by atoms with E-state index in [9.17, 15) is 0 Å². The van der Waals surface area contributed by atoms with E-state index in [2.05, 4.69) is 0 Å². The summed E-state index contributed by atoms with van der Waals surface area (Å²) in [5.74, 6) is 0.285. The fourth-order valence-corrected chi connectivity index (χ4v) is 0.995. The molecule has 2 heteroatoms. The van der Waals surface area contributed by atoms with Gasteiger partial charge in [-0.15, -0.1) is 0 Å². The summed E-state index contributed by atoms with van der Waals surface area (Å²) in [7, 11) is 0. The molecule has 0 unspecified atom stereocenters. The van der Waals surface area contributed by atoms with Crippen molar-refractivity contribution in [2.45, 2.75) is 13.3 Å². The summed E-state index contributed by atoms with van der Waals surface area (Å²) in [6.07, 6.45) is 4.54. The van der Waals surface area contributed by atoms with Crippen molar-refractivity contribution in [2.24, 2.45) is 0 Å². The molecular weight excluding hydrogens is 132 g/mol. The summed E-state index contributed by atoms with van der Waals surface area (Å²) in [6, 6.07) is 0. The van der Waals surface area contributed by atoms with Gasteiger partial charge < -0.3 is 5.11 Å². The van der Waals surface area contributed by atoms with Gasteiger partial charge in [0.25, 0.3) is 0 Å². The van der Waals surface area contributed by atoms with Crippen LogP contribution >= 0.6 is 12.2 Å². The molecule has 0 spiro atoms. The van der Waals surface area contributed by atoms with E-state index in [4.69, 9.17) is 17.3 Å². The molecule has 0 amide bonds. The van der Waals surface area contributed by atoms with Crippen molar-refractivity contribution in [2.75, 3.05) is 0 Å². The lowest BCUT2D eigenvalue weighted by Crippen LogP contribution is -2.02. The molecule has 1 aliphatic carbocycles. The van der Waals surface area contributed by atoms with E-state index >= 15 is 0 Å². The molecule has 0 fully saturated rings. The lowest BCUT2D eigenvalue weighted by atomic mass is 10.1. The van der Waals surface area contributed by atoms with Crippen LogP contribution in [0.25, 0.3) is 0 Å². The van der Waals surface area contributed by atoms with Crippen molar-refractivity contribution in [3.8, 4) is 0 Å². The maximum atomic E-state index is 9.13. The van der Waals surface area contributed by atoms with Crippen molar-refractivity contribution in [3.05, 3.63) is 23.5 Å². The lowest BCUT2D eigenvalue weighted by molar-refractivity contribution is 0.438. The van der Waals surface area contributed by atoms with Gasteiger partial charge in [-0.2, -0.15) is 0 Å². The first-order chi connectivity index (χ1) is 4.22. The predicted octanol–water partition coefficient (Wildman–Crippen LogP) is 2.15. The molecule has 0 saturated carbocycles. The Morgan fingerprint density at radius 2 is 2.33 bits per heavy atom. The third-order valence-corrected chi connectivity index (χ3v) is 1.67. The summed E-state index contributed by atoms with van der Waals surface area (Å²) < 4.78 is 0. The van der Waals surface area contributed by atoms with E-state index in [1.165, 1.54) is 0 Å². The Morgan fingerprint density at radius 3 is 2.78 bits per heavy atom. The second-order valence-electron chi connectivity index (χ2n) is 2.06. The molecule has 1 aliphatic rings. The maximum absolute atomic E-state index is 9.13. The number of aliphatic hydroxyl groups excluding tert-OH is 1. The Bertz CT molecular complexity index is 201. The molecule has 1 nitrogen and oxygen atoms in total. The third-order valence-electron chi connectivity index (χ3n) is 1.31. The Hall–Kier alpha value is -0.630. The monoisotopic (exact) mass is 140 g/mol. The number of hydrogen-bond donors (Lipinski definition) is 1. The number of hydrogen-bond acceptors (Lipinski definition) is 2. The normalized spacial score (nSPS) is 19.0. The highest BCUT2D eigenvalue weighted by Crippen LogP contribution is 2.13. The molecule has 0 saturated heterocycles. The number of allylic oxidation sites excluding steroid dienone is 4. The number of thiocarbonyl (C=S) groups is 1. The minimum Gasteiger partial charge on any atom is -0.507 e. The standard InChI is InChI=1S/C7H8OS/c1-5-3-2-4-6(9)7(5)8/h2-3,8H,4H2,1H3. The van der Waals surface area contributed by atoms with Crippen molar-refractivity contribution in [1.82, 2.24) is 0 Å². The van der Waals surface area contributed by atoms with Crippen LogP contribution in [-0.2, 0) is 0 Å². The van der Waals surface area contributed by atoms with Gasteiger partial charge in [0.1, 0.15) is 5.76 Å². The molecule has 0 heterocycles. The van der Waals surface area contributed by atoms with Crippen LogP contribution in [0.15, 0.2) is 23.5 Å². The van der Waals surface area contributed by atoms with E-state index in [0.29, 0.717) is 11.3 Å². The van der Waals surface area contributed by atoms with Gasteiger partial charge in [-0.3, -0.25) is 0 Å². The molecule has 0 aromatic heterocycles. The molecule has 0 aromatic carbocycles. The van der Waals surface area contributed by atoms with Crippen LogP contribution in [0.1, 0.15) is 13.3 Å². The average molecular weight is 140 g/mol. The molecule has 48 valence electrons. The van der Waals surface area contributed by atoms with Gasteiger partial charge >= 0.3 is 0 Å². The third kappa shape index (κ3) is 1.19. The van der Waals surface area contributed by atoms with Crippen molar-refractivity contribution >= 4 is 17.1 Å². The zero-order valence-electron chi connectivity index (χ0n) is 5.22. The second kappa shape index (κ2) is 2.31. The first-order valence-electron chi connectivity index (χ1n) is 2.81. The fraction of sp³-hybridized carbons (Fsp3) is 0.286. The molecule has 0 atom stereocenters. The topological polar surface area (TPSA) is 20.2 Å². The molecule has 0 radical (unpaired) electrons. The van der Waals surface area contributed by atoms with E-state index in [1.54, 1.807) is 0 Å². The Morgan fingerprint density at radius 1 is 1.67 bits per heavy atom. The molecule has 0 bridgehead atoms. The first-order valence-corrected chi connectivity index (χ1v) is 3.22. The average Bonchev–Trinajstić information content (AvgIpc) is 1.83. The van der Waals surface area contributed by atoms with Crippen LogP contribution in [0.3, 0.4) is 0 Å². The molecule has 0 aliphatic heterocycles. The summed E-state index contributed by atoms with van der Waals surface area (Å²) in [5.41, 5.74) is 0.867. The largest absolute Gasteiger partial charge is 0.507 e. The van der Waals surface area contributed by atoms with Gasteiger partial charge in [0.05, 0.1) is 4.86 Å². The van der Waals surface area contributed by atoms with Crippen LogP contribution in [0.2, 0.25) is 0 Å². The van der Waals surface area contributed by atoms with Gasteiger partial charge in [0.2, 0.25) is 0 Å². The van der Waals surface area contributed by atoms with Crippen molar-refractivity contribution in [3.63, 3.8) is 0 Å². The smallest absolute Gasteiger partial charge is 0.132 e.